The van der Waals surface area contributed by atoms with Crippen LogP contribution in [0.4, 0.5) is 9.52 Å². The van der Waals surface area contributed by atoms with E-state index in [0.717, 1.165) is 33.6 Å². The lowest BCUT2D eigenvalue weighted by Gasteiger charge is -2.23. The second kappa shape index (κ2) is 13.8. The van der Waals surface area contributed by atoms with Crippen molar-refractivity contribution in [2.75, 3.05) is 12.0 Å². The van der Waals surface area contributed by atoms with E-state index in [1.165, 1.54) is 35.9 Å². The van der Waals surface area contributed by atoms with Crippen molar-refractivity contribution in [3.8, 4) is 11.5 Å². The minimum absolute atomic E-state index is 0.0700. The molecular weight excluding hydrogens is 638 g/mol. The Morgan fingerprint density at radius 2 is 1.70 bits per heavy atom. The molecule has 11 heteroatoms. The number of methoxy groups -OCH3 is 1. The van der Waals surface area contributed by atoms with Crippen LogP contribution in [0.5, 0.6) is 11.5 Å². The fourth-order valence-corrected chi connectivity index (χ4v) is 7.10. The molecule has 1 aliphatic heterocycles. The molecule has 8 nitrogen and oxygen atoms in total. The number of halogens is 1. The van der Waals surface area contributed by atoms with Gasteiger partial charge in [-0.3, -0.25) is 14.5 Å². The predicted octanol–water partition coefficient (Wildman–Crippen LogP) is 7.80. The molecule has 0 saturated carbocycles. The van der Waals surface area contributed by atoms with Gasteiger partial charge in [-0.1, -0.05) is 89.3 Å². The summed E-state index contributed by atoms with van der Waals surface area (Å²) < 4.78 is 25.7. The average molecular weight is 668 g/mol. The number of ketones is 1. The predicted molar refractivity (Wildman–Crippen MR) is 180 cm³/mol. The molecule has 1 fully saturated rings. The van der Waals surface area contributed by atoms with E-state index in [1.807, 2.05) is 56.3 Å². The molecular formula is C36H30FN3O5S2. The van der Waals surface area contributed by atoms with E-state index in [2.05, 4.69) is 10.2 Å². The van der Waals surface area contributed by atoms with Crippen molar-refractivity contribution in [1.82, 2.24) is 10.2 Å². The van der Waals surface area contributed by atoms with Gasteiger partial charge < -0.3 is 14.6 Å². The number of aryl methyl sites for hydroxylation is 2. The lowest BCUT2D eigenvalue weighted by molar-refractivity contribution is -0.132. The van der Waals surface area contributed by atoms with Crippen LogP contribution >= 0.6 is 23.1 Å². The Balaban J connectivity index is 1.40. The third kappa shape index (κ3) is 6.77. The molecule has 4 aromatic carbocycles. The van der Waals surface area contributed by atoms with E-state index in [1.54, 1.807) is 36.4 Å². The molecule has 6 rings (SSSR count). The number of aliphatic hydroxyl groups is 1. The molecule has 1 amide bonds. The number of aliphatic hydroxyl groups excluding tert-OH is 1. The number of anilines is 1. The summed E-state index contributed by atoms with van der Waals surface area (Å²) in [6, 6.07) is 25.5. The van der Waals surface area contributed by atoms with Gasteiger partial charge in [0, 0.05) is 11.3 Å². The van der Waals surface area contributed by atoms with Crippen LogP contribution in [0.2, 0.25) is 0 Å². The first-order valence-electron chi connectivity index (χ1n) is 14.7. The van der Waals surface area contributed by atoms with E-state index in [-0.39, 0.29) is 22.3 Å². The Kier molecular flexibility index (Phi) is 9.37. The van der Waals surface area contributed by atoms with E-state index in [9.17, 15) is 19.1 Å². The van der Waals surface area contributed by atoms with Crippen molar-refractivity contribution < 1.29 is 28.6 Å². The fraction of sp³-hybridized carbons (Fsp3) is 0.167. The van der Waals surface area contributed by atoms with Crippen molar-refractivity contribution in [3.63, 3.8) is 0 Å². The maximum absolute atomic E-state index is 13.8. The van der Waals surface area contributed by atoms with Crippen LogP contribution in [0.3, 0.4) is 0 Å². The molecule has 0 aliphatic carbocycles. The standard InChI is InChI=1S/C36H30FN3O5S2/c1-21-9-10-22(2)27(17-21)32(41)30-31(25-13-16-28(29(18-25)44-3)45-19-23-7-5-4-6-8-23)40(34(43)33(30)42)35-38-39-36(47-35)46-20-24-11-14-26(37)15-12-24/h4-18,31,41H,19-20H2,1-3H3/b32-30+. The number of amides is 1. The number of hydrogen-bond donors (Lipinski definition) is 1. The number of Topliss-reactive ketones (excluding diaryl/α,β-unsaturated/α-hetero) is 1. The van der Waals surface area contributed by atoms with Crippen molar-refractivity contribution >= 4 is 45.7 Å². The van der Waals surface area contributed by atoms with Gasteiger partial charge >= 0.3 is 5.91 Å². The van der Waals surface area contributed by atoms with Crippen LogP contribution < -0.4 is 14.4 Å². The Labute approximate surface area is 279 Å². The van der Waals surface area contributed by atoms with Crippen LogP contribution in [-0.4, -0.2) is 34.1 Å². The summed E-state index contributed by atoms with van der Waals surface area (Å²) in [6.07, 6.45) is 0. The van der Waals surface area contributed by atoms with Crippen LogP contribution in [0.15, 0.2) is 101 Å². The summed E-state index contributed by atoms with van der Waals surface area (Å²) in [5.74, 6) is -0.906. The van der Waals surface area contributed by atoms with E-state index in [0.29, 0.717) is 39.3 Å². The van der Waals surface area contributed by atoms with E-state index < -0.39 is 17.7 Å². The molecule has 238 valence electrons. The first-order chi connectivity index (χ1) is 22.7. The van der Waals surface area contributed by atoms with Crippen molar-refractivity contribution in [1.29, 1.82) is 0 Å². The van der Waals surface area contributed by atoms with Gasteiger partial charge in [0.1, 0.15) is 18.2 Å². The average Bonchev–Trinajstić information content (AvgIpc) is 3.66. The van der Waals surface area contributed by atoms with Gasteiger partial charge in [-0.15, -0.1) is 10.2 Å². The number of ether oxygens (including phenoxy) is 2. The third-order valence-electron chi connectivity index (χ3n) is 7.71. The molecule has 1 unspecified atom stereocenters. The summed E-state index contributed by atoms with van der Waals surface area (Å²) in [5, 5.41) is 20.4. The van der Waals surface area contributed by atoms with Crippen molar-refractivity contribution in [2.45, 2.75) is 36.6 Å². The Morgan fingerprint density at radius 1 is 0.936 bits per heavy atom. The van der Waals surface area contributed by atoms with Gasteiger partial charge in [-0.2, -0.15) is 0 Å². The first-order valence-corrected chi connectivity index (χ1v) is 16.5. The normalized spacial score (nSPS) is 15.7. The SMILES string of the molecule is COc1cc(C2/C(=C(\O)c3cc(C)ccc3C)C(=O)C(=O)N2c2nnc(SCc3ccc(F)cc3)s2)ccc1OCc1ccccc1. The maximum Gasteiger partial charge on any atom is 0.301 e. The number of nitrogens with zero attached hydrogens (tertiary/aromatic N) is 3. The molecule has 1 N–H and O–H groups in total. The number of rotatable bonds is 10. The molecule has 1 saturated heterocycles. The molecule has 1 aliphatic rings. The van der Waals surface area contributed by atoms with Gasteiger partial charge in [0.25, 0.3) is 5.78 Å². The molecule has 47 heavy (non-hydrogen) atoms. The number of carbonyl (C=O) groups excluding carboxylic acids is 2. The topological polar surface area (TPSA) is 102 Å². The third-order valence-corrected chi connectivity index (χ3v) is 9.84. The molecule has 1 aromatic heterocycles. The van der Waals surface area contributed by atoms with Crippen molar-refractivity contribution in [2.24, 2.45) is 0 Å². The minimum atomic E-state index is -1.03. The summed E-state index contributed by atoms with van der Waals surface area (Å²) in [4.78, 5) is 28.8. The van der Waals surface area contributed by atoms with Gasteiger partial charge in [0.15, 0.2) is 15.8 Å². The van der Waals surface area contributed by atoms with Gasteiger partial charge in [-0.25, -0.2) is 4.39 Å². The minimum Gasteiger partial charge on any atom is -0.507 e. The zero-order chi connectivity index (χ0) is 33.1. The zero-order valence-corrected chi connectivity index (χ0v) is 27.4. The Hall–Kier alpha value is -5.00. The number of aromatic nitrogens is 2. The monoisotopic (exact) mass is 667 g/mol. The van der Waals surface area contributed by atoms with Gasteiger partial charge in [0.2, 0.25) is 5.13 Å². The second-order valence-electron chi connectivity index (χ2n) is 10.9. The highest BCUT2D eigenvalue weighted by Crippen LogP contribution is 2.46. The van der Waals surface area contributed by atoms with Crippen LogP contribution in [-0.2, 0) is 21.9 Å². The van der Waals surface area contributed by atoms with E-state index in [4.69, 9.17) is 9.47 Å². The Bertz CT molecular complexity index is 1980. The number of carbonyl (C=O) groups is 2. The number of thioether (sulfide) groups is 1. The number of benzene rings is 4. The largest absolute Gasteiger partial charge is 0.507 e. The second-order valence-corrected chi connectivity index (χ2v) is 13.1. The highest BCUT2D eigenvalue weighted by atomic mass is 32.2. The Morgan fingerprint density at radius 3 is 2.45 bits per heavy atom. The highest BCUT2D eigenvalue weighted by Gasteiger charge is 2.48. The van der Waals surface area contributed by atoms with Crippen LogP contribution in [0.25, 0.3) is 5.76 Å². The lowest BCUT2D eigenvalue weighted by Crippen LogP contribution is -2.29. The zero-order valence-electron chi connectivity index (χ0n) is 25.8. The van der Waals surface area contributed by atoms with E-state index >= 15 is 0 Å². The lowest BCUT2D eigenvalue weighted by atomic mass is 9.93. The molecule has 5 aromatic rings. The van der Waals surface area contributed by atoms with Crippen LogP contribution in [0.1, 0.15) is 39.4 Å². The summed E-state index contributed by atoms with van der Waals surface area (Å²) in [7, 11) is 1.51. The highest BCUT2D eigenvalue weighted by molar-refractivity contribution is 8.00. The summed E-state index contributed by atoms with van der Waals surface area (Å²) in [5.41, 5.74) is 4.39. The summed E-state index contributed by atoms with van der Waals surface area (Å²) in [6.45, 7) is 4.03. The van der Waals surface area contributed by atoms with Crippen LogP contribution in [0, 0.1) is 19.7 Å². The molecule has 1 atom stereocenters. The smallest absolute Gasteiger partial charge is 0.301 e. The molecule has 0 bridgehead atoms. The van der Waals surface area contributed by atoms with Gasteiger partial charge in [0.05, 0.1) is 18.7 Å². The number of hydrogen-bond acceptors (Lipinski definition) is 9. The first kappa shape index (κ1) is 32.0. The maximum atomic E-state index is 13.8. The quantitative estimate of drug-likeness (QED) is 0.0530. The molecule has 0 spiro atoms. The fourth-order valence-electron chi connectivity index (χ4n) is 5.27. The van der Waals surface area contributed by atoms with Crippen molar-refractivity contribution in [3.05, 3.63) is 136 Å². The molecule has 0 radical (unpaired) electrons. The molecule has 2 heterocycles. The summed E-state index contributed by atoms with van der Waals surface area (Å²) >= 11 is 2.53. The van der Waals surface area contributed by atoms with Gasteiger partial charge in [-0.05, 0) is 66.4 Å².